The third-order valence-electron chi connectivity index (χ3n) is 5.92. The molecule has 0 saturated carbocycles. The van der Waals surface area contributed by atoms with E-state index in [0.29, 0.717) is 24.5 Å². The van der Waals surface area contributed by atoms with Gasteiger partial charge in [-0.25, -0.2) is 0 Å². The van der Waals surface area contributed by atoms with Crippen molar-refractivity contribution in [3.8, 4) is 16.9 Å². The molecule has 0 saturated heterocycles. The molecule has 31 heavy (non-hydrogen) atoms. The van der Waals surface area contributed by atoms with Gasteiger partial charge in [0, 0.05) is 18.4 Å². The van der Waals surface area contributed by atoms with Crippen LogP contribution < -0.4 is 4.74 Å². The highest BCUT2D eigenvalue weighted by Gasteiger charge is 2.09. The van der Waals surface area contributed by atoms with Crippen LogP contribution in [-0.2, 0) is 4.79 Å². The molecule has 0 bridgehead atoms. The summed E-state index contributed by atoms with van der Waals surface area (Å²) in [6.45, 7) is 6.49. The summed E-state index contributed by atoms with van der Waals surface area (Å²) in [7, 11) is 0. The smallest absolute Gasteiger partial charge is 0.311 e. The Morgan fingerprint density at radius 3 is 1.97 bits per heavy atom. The van der Waals surface area contributed by atoms with E-state index in [1.165, 1.54) is 25.7 Å². The number of carbonyl (C=O) groups excluding carboxylic acids is 2. The lowest BCUT2D eigenvalue weighted by molar-refractivity contribution is -0.134. The molecule has 0 aromatic heterocycles. The highest BCUT2D eigenvalue weighted by atomic mass is 16.5. The van der Waals surface area contributed by atoms with E-state index >= 15 is 0 Å². The maximum absolute atomic E-state index is 12.4. The summed E-state index contributed by atoms with van der Waals surface area (Å²) in [6.07, 6.45) is 10.2. The Balaban J connectivity index is 1.82. The molecule has 168 valence electrons. The highest BCUT2D eigenvalue weighted by Crippen LogP contribution is 2.24. The molecule has 0 amide bonds. The van der Waals surface area contributed by atoms with Crippen molar-refractivity contribution in [1.82, 2.24) is 0 Å². The second-order valence-corrected chi connectivity index (χ2v) is 8.57. The maximum Gasteiger partial charge on any atom is 0.311 e. The fraction of sp³-hybridized carbons (Fsp3) is 0.500. The molecule has 2 aromatic rings. The third kappa shape index (κ3) is 9.08. The normalized spacial score (nSPS) is 11.8. The molecule has 0 N–H and O–H groups in total. The fourth-order valence-electron chi connectivity index (χ4n) is 3.53. The summed E-state index contributed by atoms with van der Waals surface area (Å²) in [5, 5.41) is 0. The van der Waals surface area contributed by atoms with Crippen molar-refractivity contribution in [2.24, 2.45) is 5.92 Å². The van der Waals surface area contributed by atoms with Crippen LogP contribution in [0, 0.1) is 5.92 Å². The summed E-state index contributed by atoms with van der Waals surface area (Å²) in [5.41, 5.74) is 2.87. The second kappa shape index (κ2) is 13.8. The van der Waals surface area contributed by atoms with Gasteiger partial charge in [0.2, 0.25) is 0 Å². The average molecular weight is 423 g/mol. The van der Waals surface area contributed by atoms with Crippen LogP contribution in [0.3, 0.4) is 0 Å². The summed E-state index contributed by atoms with van der Waals surface area (Å²) in [5.74, 6) is 1.15. The molecular weight excluding hydrogens is 384 g/mol. The fourth-order valence-corrected chi connectivity index (χ4v) is 3.53. The van der Waals surface area contributed by atoms with E-state index in [0.717, 1.165) is 42.4 Å². The molecule has 0 aliphatic rings. The van der Waals surface area contributed by atoms with Gasteiger partial charge in [-0.05, 0) is 42.0 Å². The number of Topliss-reactive ketones (excluding diaryl/α,β-unsaturated/α-hetero) is 1. The van der Waals surface area contributed by atoms with Crippen LogP contribution in [0.5, 0.6) is 5.75 Å². The van der Waals surface area contributed by atoms with Gasteiger partial charge in [-0.3, -0.25) is 9.59 Å². The van der Waals surface area contributed by atoms with Gasteiger partial charge in [-0.2, -0.15) is 0 Å². The summed E-state index contributed by atoms with van der Waals surface area (Å²) in [4.78, 5) is 24.4. The minimum absolute atomic E-state index is 0.179. The van der Waals surface area contributed by atoms with Crippen molar-refractivity contribution in [3.05, 3.63) is 54.1 Å². The van der Waals surface area contributed by atoms with E-state index in [2.05, 4.69) is 20.8 Å². The van der Waals surface area contributed by atoms with Gasteiger partial charge in [0.15, 0.2) is 5.78 Å². The standard InChI is InChI=1S/C28H38O3/c1-4-6-7-8-9-10-11-27(29)25-15-13-23(14-16-25)24-17-19-26(20-18-24)31-28(30)21-12-22(3)5-2/h13-20,22H,4-12,21H2,1-3H3. The number of unbranched alkanes of at least 4 members (excludes halogenated alkanes) is 5. The number of esters is 1. The predicted octanol–water partition coefficient (Wildman–Crippen LogP) is 8.02. The van der Waals surface area contributed by atoms with Crippen molar-refractivity contribution >= 4 is 11.8 Å². The van der Waals surface area contributed by atoms with E-state index in [1.807, 2.05) is 48.5 Å². The Labute approximate surface area is 188 Å². The zero-order valence-electron chi connectivity index (χ0n) is 19.5. The van der Waals surface area contributed by atoms with Crippen molar-refractivity contribution in [3.63, 3.8) is 0 Å². The van der Waals surface area contributed by atoms with Gasteiger partial charge in [0.25, 0.3) is 0 Å². The molecule has 1 atom stereocenters. The monoisotopic (exact) mass is 422 g/mol. The van der Waals surface area contributed by atoms with Gasteiger partial charge in [-0.1, -0.05) is 95.7 Å². The van der Waals surface area contributed by atoms with E-state index in [1.54, 1.807) is 0 Å². The van der Waals surface area contributed by atoms with Crippen molar-refractivity contribution in [1.29, 1.82) is 0 Å². The Morgan fingerprint density at radius 2 is 1.35 bits per heavy atom. The zero-order valence-corrected chi connectivity index (χ0v) is 19.5. The van der Waals surface area contributed by atoms with E-state index in [4.69, 9.17) is 4.74 Å². The molecule has 3 heteroatoms. The molecule has 0 aliphatic carbocycles. The summed E-state index contributed by atoms with van der Waals surface area (Å²) >= 11 is 0. The van der Waals surface area contributed by atoms with Gasteiger partial charge in [0.05, 0.1) is 0 Å². The molecule has 3 nitrogen and oxygen atoms in total. The first-order valence-electron chi connectivity index (χ1n) is 12.0. The van der Waals surface area contributed by atoms with Crippen LogP contribution in [0.1, 0.15) is 95.3 Å². The molecular formula is C28H38O3. The number of hydrogen-bond acceptors (Lipinski definition) is 3. The SMILES string of the molecule is CCCCCCCCC(=O)c1ccc(-c2ccc(OC(=O)CCC(C)CC)cc2)cc1. The Kier molecular flexibility index (Phi) is 11.1. The average Bonchev–Trinajstić information content (AvgIpc) is 2.80. The van der Waals surface area contributed by atoms with Gasteiger partial charge in [0.1, 0.15) is 5.75 Å². The molecule has 0 spiro atoms. The highest BCUT2D eigenvalue weighted by molar-refractivity contribution is 5.96. The van der Waals surface area contributed by atoms with Crippen LogP contribution in [0.4, 0.5) is 0 Å². The summed E-state index contributed by atoms with van der Waals surface area (Å²) < 4.78 is 5.44. The van der Waals surface area contributed by atoms with Crippen LogP contribution in [-0.4, -0.2) is 11.8 Å². The first-order valence-corrected chi connectivity index (χ1v) is 12.0. The number of carbonyl (C=O) groups is 2. The van der Waals surface area contributed by atoms with Crippen molar-refractivity contribution in [2.75, 3.05) is 0 Å². The zero-order chi connectivity index (χ0) is 22.5. The minimum Gasteiger partial charge on any atom is -0.427 e. The molecule has 0 fully saturated rings. The van der Waals surface area contributed by atoms with Crippen molar-refractivity contribution in [2.45, 2.75) is 85.0 Å². The van der Waals surface area contributed by atoms with Crippen molar-refractivity contribution < 1.29 is 14.3 Å². The van der Waals surface area contributed by atoms with E-state index in [-0.39, 0.29) is 11.8 Å². The second-order valence-electron chi connectivity index (χ2n) is 8.57. The van der Waals surface area contributed by atoms with Gasteiger partial charge < -0.3 is 4.74 Å². The first kappa shape index (κ1) is 24.8. The number of hydrogen-bond donors (Lipinski definition) is 0. The molecule has 2 rings (SSSR count). The maximum atomic E-state index is 12.4. The molecule has 0 radical (unpaired) electrons. The quantitative estimate of drug-likeness (QED) is 0.134. The van der Waals surface area contributed by atoms with Crippen LogP contribution in [0.25, 0.3) is 11.1 Å². The van der Waals surface area contributed by atoms with E-state index < -0.39 is 0 Å². The molecule has 2 aromatic carbocycles. The molecule has 0 aliphatic heterocycles. The minimum atomic E-state index is -0.179. The molecule has 1 unspecified atom stereocenters. The Morgan fingerprint density at radius 1 is 0.774 bits per heavy atom. The Hall–Kier alpha value is -2.42. The first-order chi connectivity index (χ1) is 15.0. The number of rotatable bonds is 14. The lowest BCUT2D eigenvalue weighted by Gasteiger charge is -2.09. The lowest BCUT2D eigenvalue weighted by Crippen LogP contribution is -2.09. The third-order valence-corrected chi connectivity index (χ3v) is 5.92. The van der Waals surface area contributed by atoms with Gasteiger partial charge in [-0.15, -0.1) is 0 Å². The van der Waals surface area contributed by atoms with Crippen LogP contribution in [0.2, 0.25) is 0 Å². The van der Waals surface area contributed by atoms with E-state index in [9.17, 15) is 9.59 Å². The number of benzene rings is 2. The van der Waals surface area contributed by atoms with Gasteiger partial charge >= 0.3 is 5.97 Å². The largest absolute Gasteiger partial charge is 0.427 e. The summed E-state index contributed by atoms with van der Waals surface area (Å²) in [6, 6.07) is 15.4. The number of ether oxygens (including phenoxy) is 1. The number of ketones is 1. The predicted molar refractivity (Wildman–Crippen MR) is 129 cm³/mol. The lowest BCUT2D eigenvalue weighted by atomic mass is 10.00. The molecule has 0 heterocycles. The topological polar surface area (TPSA) is 43.4 Å². The van der Waals surface area contributed by atoms with Crippen LogP contribution in [0.15, 0.2) is 48.5 Å². The van der Waals surface area contributed by atoms with Crippen LogP contribution >= 0.6 is 0 Å². The Bertz CT molecular complexity index is 790.